The van der Waals surface area contributed by atoms with Crippen LogP contribution in [-0.4, -0.2) is 19.0 Å². The van der Waals surface area contributed by atoms with Crippen LogP contribution in [0.15, 0.2) is 91.0 Å². The van der Waals surface area contributed by atoms with Crippen molar-refractivity contribution in [3.63, 3.8) is 0 Å². The number of benzene rings is 3. The number of hydrogen-bond donors (Lipinski definition) is 0. The van der Waals surface area contributed by atoms with Crippen molar-refractivity contribution in [3.05, 3.63) is 108 Å². The molecule has 0 heterocycles. The monoisotopic (exact) mass is 356 g/mol. The Balaban J connectivity index is 1.84. The lowest BCUT2D eigenvalue weighted by molar-refractivity contribution is -0.126. The summed E-state index contributed by atoms with van der Waals surface area (Å²) < 4.78 is 5.84. The maximum atomic E-state index is 13.7. The summed E-state index contributed by atoms with van der Waals surface area (Å²) >= 11 is 0. The van der Waals surface area contributed by atoms with Crippen molar-refractivity contribution in [1.29, 1.82) is 0 Å². The fraction of sp³-hybridized carbons (Fsp3) is 0.240. The van der Waals surface area contributed by atoms with E-state index in [1.54, 1.807) is 0 Å². The fourth-order valence-corrected chi connectivity index (χ4v) is 3.76. The first-order valence-corrected chi connectivity index (χ1v) is 9.59. The first-order valence-electron chi connectivity index (χ1n) is 9.59. The highest BCUT2D eigenvalue weighted by atomic mass is 16.5. The molecule has 0 aromatic heterocycles. The summed E-state index contributed by atoms with van der Waals surface area (Å²) in [5, 5.41) is 0. The Bertz CT molecular complexity index is 771. The fourth-order valence-electron chi connectivity index (χ4n) is 3.76. The van der Waals surface area contributed by atoms with Gasteiger partial charge >= 0.3 is 0 Å². The van der Waals surface area contributed by atoms with E-state index in [2.05, 4.69) is 0 Å². The van der Waals surface area contributed by atoms with E-state index in [4.69, 9.17) is 4.74 Å². The average Bonchev–Trinajstić information content (AvgIpc) is 3.56. The van der Waals surface area contributed by atoms with Crippen LogP contribution >= 0.6 is 0 Å². The molecule has 0 atom stereocenters. The van der Waals surface area contributed by atoms with Gasteiger partial charge in [-0.2, -0.15) is 0 Å². The van der Waals surface area contributed by atoms with E-state index in [0.29, 0.717) is 12.5 Å². The number of ether oxygens (including phenoxy) is 1. The molecule has 2 heteroatoms. The topological polar surface area (TPSA) is 26.3 Å². The zero-order valence-electron chi connectivity index (χ0n) is 15.4. The number of carbonyl (C=O) groups is 1. The normalized spacial score (nSPS) is 14.1. The first kappa shape index (κ1) is 17.7. The van der Waals surface area contributed by atoms with Gasteiger partial charge in [-0.15, -0.1) is 0 Å². The highest BCUT2D eigenvalue weighted by Gasteiger charge is 2.43. The molecular weight excluding hydrogens is 332 g/mol. The molecule has 4 rings (SSSR count). The Morgan fingerprint density at radius 3 is 1.52 bits per heavy atom. The van der Waals surface area contributed by atoms with Gasteiger partial charge in [-0.05, 0) is 35.4 Å². The molecule has 0 aliphatic heterocycles. The van der Waals surface area contributed by atoms with Gasteiger partial charge in [0, 0.05) is 6.61 Å². The van der Waals surface area contributed by atoms with Gasteiger partial charge in [0.15, 0.2) is 5.78 Å². The lowest BCUT2D eigenvalue weighted by Crippen LogP contribution is -2.41. The predicted molar refractivity (Wildman–Crippen MR) is 108 cm³/mol. The molecule has 136 valence electrons. The number of ketones is 1. The molecule has 0 amide bonds. The first-order chi connectivity index (χ1) is 13.3. The second-order valence-electron chi connectivity index (χ2n) is 7.23. The molecule has 27 heavy (non-hydrogen) atoms. The smallest absolute Gasteiger partial charge is 0.177 e. The van der Waals surface area contributed by atoms with E-state index in [1.807, 2.05) is 91.0 Å². The summed E-state index contributed by atoms with van der Waals surface area (Å²) in [4.78, 5) is 13.7. The largest absolute Gasteiger partial charge is 0.373 e. The van der Waals surface area contributed by atoms with Crippen LogP contribution in [-0.2, 0) is 14.9 Å². The van der Waals surface area contributed by atoms with Crippen LogP contribution in [0.2, 0.25) is 0 Å². The minimum atomic E-state index is -0.868. The SMILES string of the molecule is O=C(COCC1CC1)C(c1ccccc1)(c1ccccc1)c1ccccc1. The Morgan fingerprint density at radius 2 is 1.15 bits per heavy atom. The molecule has 3 aromatic rings. The Hall–Kier alpha value is -2.71. The van der Waals surface area contributed by atoms with Crippen molar-refractivity contribution in [2.45, 2.75) is 18.3 Å². The molecule has 2 nitrogen and oxygen atoms in total. The minimum Gasteiger partial charge on any atom is -0.373 e. The van der Waals surface area contributed by atoms with Gasteiger partial charge in [0.05, 0.1) is 0 Å². The van der Waals surface area contributed by atoms with Gasteiger partial charge in [-0.1, -0.05) is 91.0 Å². The van der Waals surface area contributed by atoms with Crippen molar-refractivity contribution < 1.29 is 9.53 Å². The number of rotatable bonds is 8. The molecule has 0 bridgehead atoms. The third-order valence-corrected chi connectivity index (χ3v) is 5.32. The molecular formula is C25H24O2. The molecule has 1 aliphatic carbocycles. The summed E-state index contributed by atoms with van der Waals surface area (Å²) in [7, 11) is 0. The summed E-state index contributed by atoms with van der Waals surface area (Å²) in [6, 6.07) is 30.2. The van der Waals surface area contributed by atoms with Gasteiger partial charge in [0.2, 0.25) is 0 Å². The second kappa shape index (κ2) is 7.89. The number of Topliss-reactive ketones (excluding diaryl/α,β-unsaturated/α-hetero) is 1. The average molecular weight is 356 g/mol. The molecule has 0 spiro atoms. The molecule has 0 saturated heterocycles. The quantitative estimate of drug-likeness (QED) is 0.530. The summed E-state index contributed by atoms with van der Waals surface area (Å²) in [6.07, 6.45) is 2.44. The van der Waals surface area contributed by atoms with Crippen molar-refractivity contribution in [1.82, 2.24) is 0 Å². The Labute approximate surface area is 160 Å². The van der Waals surface area contributed by atoms with E-state index in [-0.39, 0.29) is 12.4 Å². The van der Waals surface area contributed by atoms with Crippen LogP contribution in [0.3, 0.4) is 0 Å². The van der Waals surface area contributed by atoms with E-state index < -0.39 is 5.41 Å². The summed E-state index contributed by atoms with van der Waals surface area (Å²) in [6.45, 7) is 0.801. The van der Waals surface area contributed by atoms with Crippen molar-refractivity contribution in [2.75, 3.05) is 13.2 Å². The maximum absolute atomic E-state index is 13.7. The van der Waals surface area contributed by atoms with Crippen LogP contribution in [0.25, 0.3) is 0 Å². The van der Waals surface area contributed by atoms with Crippen molar-refractivity contribution >= 4 is 5.78 Å². The maximum Gasteiger partial charge on any atom is 0.177 e. The molecule has 0 N–H and O–H groups in total. The van der Waals surface area contributed by atoms with Crippen LogP contribution in [0.5, 0.6) is 0 Å². The molecule has 0 unspecified atom stereocenters. The summed E-state index contributed by atoms with van der Waals surface area (Å²) in [5.74, 6) is 0.712. The Morgan fingerprint density at radius 1 is 0.741 bits per heavy atom. The highest BCUT2D eigenvalue weighted by Crippen LogP contribution is 2.40. The lowest BCUT2D eigenvalue weighted by atomic mass is 9.66. The van der Waals surface area contributed by atoms with E-state index in [0.717, 1.165) is 16.7 Å². The van der Waals surface area contributed by atoms with Crippen LogP contribution < -0.4 is 0 Å². The molecule has 1 fully saturated rings. The molecule has 1 saturated carbocycles. The third kappa shape index (κ3) is 3.58. The predicted octanol–water partition coefficient (Wildman–Crippen LogP) is 5.02. The van der Waals surface area contributed by atoms with Gasteiger partial charge in [-0.3, -0.25) is 4.79 Å². The van der Waals surface area contributed by atoms with E-state index in [1.165, 1.54) is 12.8 Å². The summed E-state index contributed by atoms with van der Waals surface area (Å²) in [5.41, 5.74) is 2.06. The van der Waals surface area contributed by atoms with Gasteiger partial charge in [0.25, 0.3) is 0 Å². The lowest BCUT2D eigenvalue weighted by Gasteiger charge is -2.34. The number of hydrogen-bond acceptors (Lipinski definition) is 2. The molecule has 0 radical (unpaired) electrons. The minimum absolute atomic E-state index is 0.0757. The van der Waals surface area contributed by atoms with E-state index in [9.17, 15) is 4.79 Å². The Kier molecular flexibility index (Phi) is 5.17. The molecule has 1 aliphatic rings. The van der Waals surface area contributed by atoms with Gasteiger partial charge in [0.1, 0.15) is 12.0 Å². The van der Waals surface area contributed by atoms with Gasteiger partial charge in [-0.25, -0.2) is 0 Å². The van der Waals surface area contributed by atoms with Crippen LogP contribution in [0.4, 0.5) is 0 Å². The zero-order valence-corrected chi connectivity index (χ0v) is 15.4. The van der Waals surface area contributed by atoms with Crippen LogP contribution in [0.1, 0.15) is 29.5 Å². The second-order valence-corrected chi connectivity index (χ2v) is 7.23. The zero-order chi connectivity index (χ0) is 18.5. The van der Waals surface area contributed by atoms with Crippen molar-refractivity contribution in [2.24, 2.45) is 5.92 Å². The van der Waals surface area contributed by atoms with Crippen molar-refractivity contribution in [3.8, 4) is 0 Å². The standard InChI is InChI=1S/C25H24O2/c26-24(19-27-18-20-16-17-20)25(21-10-4-1-5-11-21,22-12-6-2-7-13-22)23-14-8-3-9-15-23/h1-15,20H,16-19H2. The van der Waals surface area contributed by atoms with Crippen LogP contribution in [0, 0.1) is 5.92 Å². The molecule has 3 aromatic carbocycles. The third-order valence-electron chi connectivity index (χ3n) is 5.32. The van der Waals surface area contributed by atoms with Gasteiger partial charge < -0.3 is 4.74 Å². The highest BCUT2D eigenvalue weighted by molar-refractivity contribution is 5.98. The van der Waals surface area contributed by atoms with E-state index >= 15 is 0 Å². The number of carbonyl (C=O) groups excluding carboxylic acids is 1.